The summed E-state index contributed by atoms with van der Waals surface area (Å²) in [6.45, 7) is 8.17. The van der Waals surface area contributed by atoms with Gasteiger partial charge >= 0.3 is 0 Å². The number of pyridine rings is 2. The van der Waals surface area contributed by atoms with E-state index in [0.717, 1.165) is 26.2 Å². The van der Waals surface area contributed by atoms with Gasteiger partial charge in [0.25, 0.3) is 0 Å². The maximum absolute atomic E-state index is 14.5. The molecule has 0 radical (unpaired) electrons. The molecule has 10 heteroatoms. The number of aromatic nitrogens is 3. The van der Waals surface area contributed by atoms with Crippen molar-refractivity contribution >= 4 is 21.3 Å². The second-order valence-corrected chi connectivity index (χ2v) is 11.7. The third-order valence-corrected chi connectivity index (χ3v) is 8.29. The molecule has 32 heavy (non-hydrogen) atoms. The zero-order valence-electron chi connectivity index (χ0n) is 19.0. The smallest absolute Gasteiger partial charge is 0.215 e. The maximum atomic E-state index is 14.5. The van der Waals surface area contributed by atoms with Crippen LogP contribution in [0, 0.1) is 5.95 Å². The molecule has 0 saturated carbocycles. The number of likely N-dealkylation sites (N-methyl/N-ethyl adjacent to an activating group) is 1. The van der Waals surface area contributed by atoms with E-state index in [2.05, 4.69) is 21.9 Å². The Balaban J connectivity index is 1.85. The molecule has 1 aliphatic heterocycles. The van der Waals surface area contributed by atoms with Crippen LogP contribution in [0.5, 0.6) is 5.75 Å². The summed E-state index contributed by atoms with van der Waals surface area (Å²) in [5.41, 5.74) is 1.65. The zero-order chi connectivity index (χ0) is 23.3. The number of hydrogen-bond acceptors (Lipinski definition) is 7. The first-order chi connectivity index (χ1) is 15.0. The third kappa shape index (κ3) is 3.93. The first-order valence-electron chi connectivity index (χ1n) is 10.4. The van der Waals surface area contributed by atoms with Gasteiger partial charge in [-0.05, 0) is 33.9 Å². The van der Waals surface area contributed by atoms with Gasteiger partial charge < -0.3 is 14.5 Å². The predicted molar refractivity (Wildman–Crippen MR) is 122 cm³/mol. The zero-order valence-corrected chi connectivity index (χ0v) is 19.8. The van der Waals surface area contributed by atoms with Gasteiger partial charge in [-0.3, -0.25) is 4.40 Å². The molecule has 0 bridgehead atoms. The van der Waals surface area contributed by atoms with E-state index in [0.29, 0.717) is 22.7 Å². The summed E-state index contributed by atoms with van der Waals surface area (Å²) < 4.78 is 46.9. The van der Waals surface area contributed by atoms with Gasteiger partial charge in [0.15, 0.2) is 9.84 Å². The summed E-state index contributed by atoms with van der Waals surface area (Å²) >= 11 is 0. The van der Waals surface area contributed by atoms with Crippen molar-refractivity contribution in [1.29, 1.82) is 0 Å². The summed E-state index contributed by atoms with van der Waals surface area (Å²) in [6.07, 6.45) is 3.11. The largest absolute Gasteiger partial charge is 0.495 e. The van der Waals surface area contributed by atoms with E-state index in [1.165, 1.54) is 19.4 Å². The minimum atomic E-state index is -3.70. The maximum Gasteiger partial charge on any atom is 0.215 e. The molecule has 8 nitrogen and oxygen atoms in total. The molecule has 1 saturated heterocycles. The number of anilines is 1. The number of sulfone groups is 1. The van der Waals surface area contributed by atoms with Crippen molar-refractivity contribution in [2.24, 2.45) is 0 Å². The molecule has 4 heterocycles. The molecular weight excluding hydrogens is 433 g/mol. The van der Waals surface area contributed by atoms with Crippen molar-refractivity contribution in [3.63, 3.8) is 0 Å². The molecule has 172 valence electrons. The highest BCUT2D eigenvalue weighted by Crippen LogP contribution is 2.35. The van der Waals surface area contributed by atoms with E-state index >= 15 is 0 Å². The molecule has 0 amide bonds. The van der Waals surface area contributed by atoms with Gasteiger partial charge in [0, 0.05) is 50.1 Å². The van der Waals surface area contributed by atoms with Crippen LogP contribution in [-0.2, 0) is 9.84 Å². The molecule has 0 spiro atoms. The van der Waals surface area contributed by atoms with E-state index in [9.17, 15) is 12.8 Å². The molecule has 3 aromatic rings. The number of hydrogen-bond donors (Lipinski definition) is 0. The normalized spacial score (nSPS) is 16.0. The van der Waals surface area contributed by atoms with Crippen molar-refractivity contribution in [2.45, 2.75) is 30.4 Å². The average molecular weight is 462 g/mol. The summed E-state index contributed by atoms with van der Waals surface area (Å²) in [4.78, 5) is 12.8. The average Bonchev–Trinajstić information content (AvgIpc) is 3.15. The number of ether oxygens (including phenoxy) is 1. The van der Waals surface area contributed by atoms with E-state index in [4.69, 9.17) is 4.74 Å². The number of nitrogens with zero attached hydrogens (tertiary/aromatic N) is 5. The Labute approximate surface area is 187 Å². The first kappa shape index (κ1) is 22.5. The topological polar surface area (TPSA) is 80.0 Å². The van der Waals surface area contributed by atoms with Crippen LogP contribution in [0.15, 0.2) is 35.5 Å². The Bertz CT molecular complexity index is 1260. The molecule has 0 N–H and O–H groups in total. The standard InChI is InChI=1S/C22H28FN5O3S/c1-22(2,3)32(29,30)18-14-28-16(13-24-20(28)12-17(18)31-5)15-10-19(23)25-21(11-15)27-8-6-26(4)7-9-27/h10-14H,6-9H2,1-5H3. The Morgan fingerprint density at radius 3 is 2.41 bits per heavy atom. The Hall–Kier alpha value is -2.72. The Kier molecular flexibility index (Phi) is 5.62. The second kappa shape index (κ2) is 8.00. The van der Waals surface area contributed by atoms with Crippen molar-refractivity contribution in [3.8, 4) is 17.0 Å². The van der Waals surface area contributed by atoms with E-state index in [-0.39, 0.29) is 10.6 Å². The fourth-order valence-corrected chi connectivity index (χ4v) is 5.03. The summed E-state index contributed by atoms with van der Waals surface area (Å²) in [6, 6.07) is 4.74. The minimum absolute atomic E-state index is 0.0630. The third-order valence-electron chi connectivity index (χ3n) is 5.79. The van der Waals surface area contributed by atoms with Crippen LogP contribution in [-0.4, -0.2) is 72.8 Å². The van der Waals surface area contributed by atoms with Crippen LogP contribution in [0.1, 0.15) is 20.8 Å². The summed E-state index contributed by atoms with van der Waals surface area (Å²) in [5.74, 6) is 0.185. The molecular formula is C22H28FN5O3S. The molecule has 0 aliphatic carbocycles. The van der Waals surface area contributed by atoms with Crippen LogP contribution >= 0.6 is 0 Å². The van der Waals surface area contributed by atoms with E-state index in [1.807, 2.05) is 11.0 Å². The Morgan fingerprint density at radius 2 is 1.78 bits per heavy atom. The SMILES string of the molecule is COc1cc2ncc(-c3cc(F)nc(N4CCN(C)CC4)c3)n2cc1S(=O)(=O)C(C)(C)C. The predicted octanol–water partition coefficient (Wildman–Crippen LogP) is 2.87. The van der Waals surface area contributed by atoms with Crippen molar-refractivity contribution in [3.05, 3.63) is 36.5 Å². The number of halogens is 1. The fourth-order valence-electron chi connectivity index (χ4n) is 3.72. The lowest BCUT2D eigenvalue weighted by molar-refractivity contribution is 0.311. The Morgan fingerprint density at radius 1 is 1.09 bits per heavy atom. The molecule has 1 aliphatic rings. The lowest BCUT2D eigenvalue weighted by Crippen LogP contribution is -2.44. The number of piperazine rings is 1. The van der Waals surface area contributed by atoms with Gasteiger partial charge in [-0.25, -0.2) is 18.4 Å². The van der Waals surface area contributed by atoms with Crippen molar-refractivity contribution < 1.29 is 17.5 Å². The first-order valence-corrected chi connectivity index (χ1v) is 11.9. The molecule has 0 unspecified atom stereocenters. The molecule has 3 aromatic heterocycles. The number of rotatable bonds is 4. The number of methoxy groups -OCH3 is 1. The van der Waals surface area contributed by atoms with Crippen molar-refractivity contribution in [1.82, 2.24) is 19.3 Å². The monoisotopic (exact) mass is 461 g/mol. The molecule has 0 aromatic carbocycles. The quantitative estimate of drug-likeness (QED) is 0.553. The van der Waals surface area contributed by atoms with Gasteiger partial charge in [-0.15, -0.1) is 0 Å². The van der Waals surface area contributed by atoms with Crippen molar-refractivity contribution in [2.75, 3.05) is 45.2 Å². The van der Waals surface area contributed by atoms with Gasteiger partial charge in [0.1, 0.15) is 22.1 Å². The van der Waals surface area contributed by atoms with Gasteiger partial charge in [0.05, 0.1) is 23.7 Å². The number of imidazole rings is 1. The fraction of sp³-hybridized carbons (Fsp3) is 0.455. The van der Waals surface area contributed by atoms with Crippen LogP contribution in [0.4, 0.5) is 10.2 Å². The van der Waals surface area contributed by atoms with Crippen LogP contribution in [0.2, 0.25) is 0 Å². The molecule has 0 atom stereocenters. The van der Waals surface area contributed by atoms with Crippen LogP contribution < -0.4 is 9.64 Å². The lowest BCUT2D eigenvalue weighted by atomic mass is 10.2. The highest BCUT2D eigenvalue weighted by molar-refractivity contribution is 7.92. The van der Waals surface area contributed by atoms with Gasteiger partial charge in [-0.2, -0.15) is 4.39 Å². The van der Waals surface area contributed by atoms with Crippen LogP contribution in [0.3, 0.4) is 0 Å². The minimum Gasteiger partial charge on any atom is -0.495 e. The van der Waals surface area contributed by atoms with Gasteiger partial charge in [-0.1, -0.05) is 0 Å². The molecule has 4 rings (SSSR count). The summed E-state index contributed by atoms with van der Waals surface area (Å²) in [7, 11) is -0.217. The van der Waals surface area contributed by atoms with E-state index in [1.54, 1.807) is 37.4 Å². The van der Waals surface area contributed by atoms with Gasteiger partial charge in [0.2, 0.25) is 5.95 Å². The highest BCUT2D eigenvalue weighted by Gasteiger charge is 2.34. The molecule has 1 fully saturated rings. The van der Waals surface area contributed by atoms with E-state index < -0.39 is 20.5 Å². The second-order valence-electron chi connectivity index (χ2n) is 9.02. The summed E-state index contributed by atoms with van der Waals surface area (Å²) in [5, 5.41) is 0. The number of fused-ring (bicyclic) bond motifs is 1. The highest BCUT2D eigenvalue weighted by atomic mass is 32.2. The lowest BCUT2D eigenvalue weighted by Gasteiger charge is -2.33. The van der Waals surface area contributed by atoms with Crippen LogP contribution in [0.25, 0.3) is 16.9 Å².